The molecule has 0 saturated carbocycles. The van der Waals surface area contributed by atoms with E-state index >= 15 is 0 Å². The Morgan fingerprint density at radius 3 is 2.52 bits per heavy atom. The van der Waals surface area contributed by atoms with Gasteiger partial charge >= 0.3 is 6.01 Å². The van der Waals surface area contributed by atoms with Crippen LogP contribution in [0.3, 0.4) is 0 Å². The highest BCUT2D eigenvalue weighted by atomic mass is 16.5. The lowest BCUT2D eigenvalue weighted by Crippen LogP contribution is -2.16. The molecule has 1 heterocycles. The molecule has 0 radical (unpaired) electrons. The van der Waals surface area contributed by atoms with E-state index in [2.05, 4.69) is 20.3 Å². The average molecular weight is 287 g/mol. The maximum Gasteiger partial charge on any atom is 0.323 e. The predicted octanol–water partition coefficient (Wildman–Crippen LogP) is 2.86. The molecule has 6 heteroatoms. The molecule has 0 spiro atoms. The molecule has 1 N–H and O–H groups in total. The van der Waals surface area contributed by atoms with E-state index < -0.39 is 0 Å². The predicted molar refractivity (Wildman–Crippen MR) is 84.3 cm³/mol. The standard InChI is InChI=1S/C15H21N5O/c1-4-11-21-15-18-13(16-5-2)17-14(19-15)20(3)12-9-7-6-8-10-12/h6-10H,4-5,11H2,1-3H3,(H,16,17,18,19). The Bertz CT molecular complexity index is 561. The maximum absolute atomic E-state index is 5.54. The molecule has 0 aliphatic heterocycles. The summed E-state index contributed by atoms with van der Waals surface area (Å²) >= 11 is 0. The van der Waals surface area contributed by atoms with Crippen LogP contribution in [0.2, 0.25) is 0 Å². The summed E-state index contributed by atoms with van der Waals surface area (Å²) in [6.45, 7) is 5.37. The molecule has 0 bridgehead atoms. The number of anilines is 3. The fraction of sp³-hybridized carbons (Fsp3) is 0.400. The third-order valence-electron chi connectivity index (χ3n) is 2.82. The molecule has 0 aliphatic rings. The Balaban J connectivity index is 2.30. The molecule has 0 aliphatic carbocycles. The highest BCUT2D eigenvalue weighted by Gasteiger charge is 2.12. The molecule has 6 nitrogen and oxygen atoms in total. The summed E-state index contributed by atoms with van der Waals surface area (Å²) in [6, 6.07) is 10.3. The van der Waals surface area contributed by atoms with E-state index in [1.165, 1.54) is 0 Å². The van der Waals surface area contributed by atoms with E-state index in [0.29, 0.717) is 24.5 Å². The lowest BCUT2D eigenvalue weighted by molar-refractivity contribution is 0.292. The van der Waals surface area contributed by atoms with Crippen LogP contribution in [0.25, 0.3) is 0 Å². The van der Waals surface area contributed by atoms with Gasteiger partial charge in [0.1, 0.15) is 0 Å². The normalized spacial score (nSPS) is 10.2. The number of nitrogens with zero attached hydrogens (tertiary/aromatic N) is 4. The number of aromatic nitrogens is 3. The van der Waals surface area contributed by atoms with E-state index in [9.17, 15) is 0 Å². The van der Waals surface area contributed by atoms with Gasteiger partial charge in [0.15, 0.2) is 0 Å². The number of hydrogen-bond acceptors (Lipinski definition) is 6. The second-order valence-corrected chi connectivity index (χ2v) is 4.51. The van der Waals surface area contributed by atoms with Crippen LogP contribution in [0.5, 0.6) is 6.01 Å². The molecule has 1 aromatic carbocycles. The van der Waals surface area contributed by atoms with Crippen LogP contribution in [-0.4, -0.2) is 35.2 Å². The summed E-state index contributed by atoms with van der Waals surface area (Å²) in [7, 11) is 1.92. The quantitative estimate of drug-likeness (QED) is 0.845. The Labute approximate surface area is 125 Å². The van der Waals surface area contributed by atoms with Gasteiger partial charge < -0.3 is 15.0 Å². The van der Waals surface area contributed by atoms with Crippen LogP contribution in [0.1, 0.15) is 20.3 Å². The zero-order chi connectivity index (χ0) is 15.1. The summed E-state index contributed by atoms with van der Waals surface area (Å²) in [6.07, 6.45) is 0.909. The lowest BCUT2D eigenvalue weighted by atomic mass is 10.3. The Hall–Kier alpha value is -2.37. The fourth-order valence-electron chi connectivity index (χ4n) is 1.76. The highest BCUT2D eigenvalue weighted by molar-refractivity contribution is 5.56. The van der Waals surface area contributed by atoms with E-state index in [4.69, 9.17) is 4.74 Å². The van der Waals surface area contributed by atoms with E-state index in [-0.39, 0.29) is 0 Å². The van der Waals surface area contributed by atoms with Crippen molar-refractivity contribution in [3.8, 4) is 6.01 Å². The van der Waals surface area contributed by atoms with E-state index in [0.717, 1.165) is 18.7 Å². The van der Waals surface area contributed by atoms with Crippen LogP contribution in [-0.2, 0) is 0 Å². The van der Waals surface area contributed by atoms with E-state index in [1.807, 2.05) is 56.1 Å². The number of hydrogen-bond donors (Lipinski definition) is 1. The Morgan fingerprint density at radius 2 is 1.86 bits per heavy atom. The third-order valence-corrected chi connectivity index (χ3v) is 2.82. The first-order valence-electron chi connectivity index (χ1n) is 7.16. The van der Waals surface area contributed by atoms with Crippen LogP contribution in [0, 0.1) is 0 Å². The molecule has 2 rings (SSSR count). The fourth-order valence-corrected chi connectivity index (χ4v) is 1.76. The minimum Gasteiger partial charge on any atom is -0.463 e. The van der Waals surface area contributed by atoms with Crippen LogP contribution in [0.15, 0.2) is 30.3 Å². The molecule has 21 heavy (non-hydrogen) atoms. The molecule has 1 aromatic heterocycles. The maximum atomic E-state index is 5.54. The van der Waals surface area contributed by atoms with Crippen molar-refractivity contribution in [2.24, 2.45) is 0 Å². The smallest absolute Gasteiger partial charge is 0.323 e. The largest absolute Gasteiger partial charge is 0.463 e. The summed E-state index contributed by atoms with van der Waals surface area (Å²) in [5.74, 6) is 1.08. The summed E-state index contributed by atoms with van der Waals surface area (Å²) in [5, 5.41) is 3.10. The second-order valence-electron chi connectivity index (χ2n) is 4.51. The topological polar surface area (TPSA) is 63.2 Å². The van der Waals surface area contributed by atoms with Crippen molar-refractivity contribution in [1.82, 2.24) is 15.0 Å². The zero-order valence-corrected chi connectivity index (χ0v) is 12.7. The number of rotatable bonds is 7. The van der Waals surface area contributed by atoms with Crippen molar-refractivity contribution in [3.63, 3.8) is 0 Å². The van der Waals surface area contributed by atoms with Crippen molar-refractivity contribution in [3.05, 3.63) is 30.3 Å². The summed E-state index contributed by atoms with van der Waals surface area (Å²) in [4.78, 5) is 14.9. The van der Waals surface area contributed by atoms with Gasteiger partial charge in [0, 0.05) is 19.3 Å². The molecule has 2 aromatic rings. The van der Waals surface area contributed by atoms with Gasteiger partial charge in [0.05, 0.1) is 6.61 Å². The minimum atomic E-state index is 0.348. The first kappa shape index (κ1) is 15.0. The first-order chi connectivity index (χ1) is 10.2. The van der Waals surface area contributed by atoms with Gasteiger partial charge in [0.2, 0.25) is 11.9 Å². The minimum absolute atomic E-state index is 0.348. The van der Waals surface area contributed by atoms with E-state index in [1.54, 1.807) is 0 Å². The van der Waals surface area contributed by atoms with Gasteiger partial charge in [-0.1, -0.05) is 25.1 Å². The van der Waals surface area contributed by atoms with Crippen molar-refractivity contribution in [1.29, 1.82) is 0 Å². The Morgan fingerprint density at radius 1 is 1.10 bits per heavy atom. The van der Waals surface area contributed by atoms with Gasteiger partial charge in [-0.05, 0) is 25.5 Å². The Kier molecular flexibility index (Phi) is 5.31. The van der Waals surface area contributed by atoms with Gasteiger partial charge in [0.25, 0.3) is 0 Å². The molecule has 0 amide bonds. The first-order valence-corrected chi connectivity index (χ1v) is 7.16. The van der Waals surface area contributed by atoms with Crippen molar-refractivity contribution in [2.45, 2.75) is 20.3 Å². The summed E-state index contributed by atoms with van der Waals surface area (Å²) < 4.78 is 5.54. The van der Waals surface area contributed by atoms with Gasteiger partial charge in [-0.2, -0.15) is 15.0 Å². The van der Waals surface area contributed by atoms with Crippen LogP contribution >= 0.6 is 0 Å². The average Bonchev–Trinajstić information content (AvgIpc) is 2.53. The van der Waals surface area contributed by atoms with Crippen LogP contribution in [0.4, 0.5) is 17.6 Å². The number of ether oxygens (including phenoxy) is 1. The third kappa shape index (κ3) is 4.05. The SMILES string of the molecule is CCCOc1nc(NCC)nc(N(C)c2ccccc2)n1. The number of benzene rings is 1. The van der Waals surface area contributed by atoms with Crippen molar-refractivity contribution in [2.75, 3.05) is 30.4 Å². The molecule has 0 unspecified atom stereocenters. The number of para-hydroxylation sites is 1. The lowest BCUT2D eigenvalue weighted by Gasteiger charge is -2.18. The van der Waals surface area contributed by atoms with Gasteiger partial charge in [-0.15, -0.1) is 0 Å². The molecular formula is C15H21N5O. The highest BCUT2D eigenvalue weighted by Crippen LogP contribution is 2.22. The second kappa shape index (κ2) is 7.42. The zero-order valence-electron chi connectivity index (χ0n) is 12.7. The van der Waals surface area contributed by atoms with Crippen molar-refractivity contribution >= 4 is 17.6 Å². The molecule has 0 atom stereocenters. The molecule has 0 saturated heterocycles. The van der Waals surface area contributed by atoms with Gasteiger partial charge in [-0.25, -0.2) is 0 Å². The molecular weight excluding hydrogens is 266 g/mol. The molecule has 112 valence electrons. The molecule has 0 fully saturated rings. The summed E-state index contributed by atoms with van der Waals surface area (Å²) in [5.41, 5.74) is 1.01. The monoisotopic (exact) mass is 287 g/mol. The van der Waals surface area contributed by atoms with Crippen molar-refractivity contribution < 1.29 is 4.74 Å². The number of nitrogens with one attached hydrogen (secondary N) is 1. The van der Waals surface area contributed by atoms with Crippen LogP contribution < -0.4 is 15.0 Å². The van der Waals surface area contributed by atoms with Gasteiger partial charge in [-0.3, -0.25) is 0 Å².